The Labute approximate surface area is 111 Å². The zero-order valence-corrected chi connectivity index (χ0v) is 11.5. The van der Waals surface area contributed by atoms with Crippen LogP contribution in [0.5, 0.6) is 0 Å². The van der Waals surface area contributed by atoms with E-state index in [4.69, 9.17) is 4.74 Å². The number of nitrogens with zero attached hydrogens (tertiary/aromatic N) is 2. The van der Waals surface area contributed by atoms with Gasteiger partial charge in [0.1, 0.15) is 4.88 Å². The van der Waals surface area contributed by atoms with Crippen LogP contribution in [0.1, 0.15) is 29.4 Å². The number of rotatable bonds is 4. The van der Waals surface area contributed by atoms with Crippen molar-refractivity contribution >= 4 is 22.4 Å². The van der Waals surface area contributed by atoms with E-state index in [2.05, 4.69) is 14.6 Å². The zero-order valence-electron chi connectivity index (χ0n) is 10.7. The van der Waals surface area contributed by atoms with Crippen LogP contribution in [0.15, 0.2) is 6.20 Å². The summed E-state index contributed by atoms with van der Waals surface area (Å²) in [5.41, 5.74) is 0. The smallest absolute Gasteiger partial charge is 0.349 e. The molecule has 1 fully saturated rings. The molecule has 0 saturated carbocycles. The number of methoxy groups -OCH3 is 1. The first-order chi connectivity index (χ1) is 8.74. The molecule has 0 bridgehead atoms. The SMILES string of the molecule is CCOC1CCCN(c2ncc(C(=O)OC)s2)C1. The van der Waals surface area contributed by atoms with Gasteiger partial charge in [-0.25, -0.2) is 9.78 Å². The van der Waals surface area contributed by atoms with Gasteiger partial charge in [-0.2, -0.15) is 0 Å². The summed E-state index contributed by atoms with van der Waals surface area (Å²) < 4.78 is 10.3. The van der Waals surface area contributed by atoms with Gasteiger partial charge < -0.3 is 14.4 Å². The monoisotopic (exact) mass is 270 g/mol. The Balaban J connectivity index is 2.02. The molecule has 100 valence electrons. The topological polar surface area (TPSA) is 51.7 Å². The van der Waals surface area contributed by atoms with Crippen molar-refractivity contribution < 1.29 is 14.3 Å². The summed E-state index contributed by atoms with van der Waals surface area (Å²) in [5, 5.41) is 0.875. The van der Waals surface area contributed by atoms with Crippen molar-refractivity contribution in [3.63, 3.8) is 0 Å². The Hall–Kier alpha value is -1.14. The van der Waals surface area contributed by atoms with E-state index in [1.807, 2.05) is 6.92 Å². The van der Waals surface area contributed by atoms with Crippen molar-refractivity contribution in [2.75, 3.05) is 31.7 Å². The number of aromatic nitrogens is 1. The standard InChI is InChI=1S/C12H18N2O3S/c1-3-17-9-5-4-6-14(8-9)12-13-7-10(18-12)11(15)16-2/h7,9H,3-6,8H2,1-2H3. The molecule has 1 aromatic rings. The summed E-state index contributed by atoms with van der Waals surface area (Å²) in [7, 11) is 1.38. The maximum Gasteiger partial charge on any atom is 0.349 e. The molecule has 0 radical (unpaired) electrons. The van der Waals surface area contributed by atoms with E-state index < -0.39 is 0 Å². The molecule has 0 N–H and O–H groups in total. The molecule has 2 rings (SSSR count). The van der Waals surface area contributed by atoms with Gasteiger partial charge in [0.15, 0.2) is 5.13 Å². The van der Waals surface area contributed by atoms with Crippen molar-refractivity contribution in [2.45, 2.75) is 25.9 Å². The molecule has 1 aliphatic heterocycles. The molecule has 5 nitrogen and oxygen atoms in total. The van der Waals surface area contributed by atoms with Crippen molar-refractivity contribution in [3.8, 4) is 0 Å². The molecule has 0 spiro atoms. The Kier molecular flexibility index (Phi) is 4.54. The van der Waals surface area contributed by atoms with Crippen LogP contribution in [0, 0.1) is 0 Å². The highest BCUT2D eigenvalue weighted by Crippen LogP contribution is 2.26. The number of carbonyl (C=O) groups excluding carboxylic acids is 1. The fourth-order valence-electron chi connectivity index (χ4n) is 2.09. The molecule has 2 heterocycles. The summed E-state index contributed by atoms with van der Waals surface area (Å²) in [4.78, 5) is 18.4. The molecule has 0 amide bonds. The van der Waals surface area contributed by atoms with Crippen LogP contribution in [0.4, 0.5) is 5.13 Å². The predicted molar refractivity (Wildman–Crippen MR) is 70.3 cm³/mol. The molecule has 1 atom stereocenters. The molecule has 1 aromatic heterocycles. The molecule has 18 heavy (non-hydrogen) atoms. The van der Waals surface area contributed by atoms with Gasteiger partial charge in [0.05, 0.1) is 19.4 Å². The lowest BCUT2D eigenvalue weighted by Gasteiger charge is -2.32. The minimum absolute atomic E-state index is 0.272. The maximum absolute atomic E-state index is 11.4. The molecule has 1 aliphatic rings. The lowest BCUT2D eigenvalue weighted by atomic mass is 10.1. The second-order valence-corrected chi connectivity index (χ2v) is 5.17. The van der Waals surface area contributed by atoms with Crippen LogP contribution in [-0.4, -0.2) is 43.9 Å². The summed E-state index contributed by atoms with van der Waals surface area (Å²) >= 11 is 1.38. The summed E-state index contributed by atoms with van der Waals surface area (Å²) in [6.45, 7) is 4.57. The van der Waals surface area contributed by atoms with Gasteiger partial charge >= 0.3 is 5.97 Å². The summed E-state index contributed by atoms with van der Waals surface area (Å²) in [6, 6.07) is 0. The highest BCUT2D eigenvalue weighted by molar-refractivity contribution is 7.17. The highest BCUT2D eigenvalue weighted by atomic mass is 32.1. The van der Waals surface area contributed by atoms with Crippen molar-refractivity contribution in [1.29, 1.82) is 0 Å². The van der Waals surface area contributed by atoms with Gasteiger partial charge in [-0.3, -0.25) is 0 Å². The van der Waals surface area contributed by atoms with E-state index in [9.17, 15) is 4.79 Å². The Morgan fingerprint density at radius 1 is 1.67 bits per heavy atom. The number of thiazole rings is 1. The van der Waals surface area contributed by atoms with Crippen LogP contribution >= 0.6 is 11.3 Å². The van der Waals surface area contributed by atoms with Gasteiger partial charge in [-0.1, -0.05) is 11.3 Å². The first-order valence-corrected chi connectivity index (χ1v) is 6.97. The van der Waals surface area contributed by atoms with Gasteiger partial charge in [-0.05, 0) is 19.8 Å². The Morgan fingerprint density at radius 2 is 2.50 bits per heavy atom. The second-order valence-electron chi connectivity index (χ2n) is 4.16. The number of esters is 1. The van der Waals surface area contributed by atoms with Gasteiger partial charge in [0, 0.05) is 19.7 Å². The molecular weight excluding hydrogens is 252 g/mol. The molecule has 0 aliphatic carbocycles. The van der Waals surface area contributed by atoms with Crippen molar-refractivity contribution in [2.24, 2.45) is 0 Å². The summed E-state index contributed by atoms with van der Waals surface area (Å²) in [6.07, 6.45) is 4.04. The summed E-state index contributed by atoms with van der Waals surface area (Å²) in [5.74, 6) is -0.322. The minimum atomic E-state index is -0.322. The number of piperidine rings is 1. The van der Waals surface area contributed by atoms with E-state index in [0.717, 1.165) is 37.7 Å². The van der Waals surface area contributed by atoms with Crippen LogP contribution in [0.25, 0.3) is 0 Å². The molecule has 6 heteroatoms. The fourth-order valence-corrected chi connectivity index (χ4v) is 2.96. The van der Waals surface area contributed by atoms with Crippen LogP contribution in [0.3, 0.4) is 0 Å². The third kappa shape index (κ3) is 3.00. The largest absolute Gasteiger partial charge is 0.465 e. The number of anilines is 1. The molecular formula is C12H18N2O3S. The average Bonchev–Trinajstić information content (AvgIpc) is 2.88. The Bertz CT molecular complexity index is 406. The minimum Gasteiger partial charge on any atom is -0.465 e. The molecule has 0 aromatic carbocycles. The molecule has 1 saturated heterocycles. The first kappa shape index (κ1) is 13.3. The van der Waals surface area contributed by atoms with Crippen molar-refractivity contribution in [1.82, 2.24) is 4.98 Å². The van der Waals surface area contributed by atoms with E-state index in [-0.39, 0.29) is 12.1 Å². The van der Waals surface area contributed by atoms with E-state index >= 15 is 0 Å². The van der Waals surface area contributed by atoms with Crippen LogP contribution in [0.2, 0.25) is 0 Å². The highest BCUT2D eigenvalue weighted by Gasteiger charge is 2.23. The quantitative estimate of drug-likeness (QED) is 0.783. The first-order valence-electron chi connectivity index (χ1n) is 6.15. The van der Waals surface area contributed by atoms with E-state index in [0.29, 0.717) is 4.88 Å². The van der Waals surface area contributed by atoms with Crippen molar-refractivity contribution in [3.05, 3.63) is 11.1 Å². The number of hydrogen-bond acceptors (Lipinski definition) is 6. The average molecular weight is 270 g/mol. The number of hydrogen-bond donors (Lipinski definition) is 0. The predicted octanol–water partition coefficient (Wildman–Crippen LogP) is 1.93. The molecule has 1 unspecified atom stereocenters. The third-order valence-electron chi connectivity index (χ3n) is 2.93. The lowest BCUT2D eigenvalue weighted by Crippen LogP contribution is -2.39. The van der Waals surface area contributed by atoms with Gasteiger partial charge in [-0.15, -0.1) is 0 Å². The van der Waals surface area contributed by atoms with Crippen LogP contribution < -0.4 is 4.90 Å². The third-order valence-corrected chi connectivity index (χ3v) is 3.97. The van der Waals surface area contributed by atoms with Gasteiger partial charge in [0.2, 0.25) is 0 Å². The van der Waals surface area contributed by atoms with Crippen LogP contribution in [-0.2, 0) is 9.47 Å². The lowest BCUT2D eigenvalue weighted by molar-refractivity contribution is 0.0526. The Morgan fingerprint density at radius 3 is 3.22 bits per heavy atom. The van der Waals surface area contributed by atoms with Gasteiger partial charge in [0.25, 0.3) is 0 Å². The maximum atomic E-state index is 11.4. The normalized spacial score (nSPS) is 19.9. The zero-order chi connectivity index (χ0) is 13.0. The van der Waals surface area contributed by atoms with E-state index in [1.54, 1.807) is 6.20 Å². The number of ether oxygens (including phenoxy) is 2. The number of carbonyl (C=O) groups is 1. The second kappa shape index (κ2) is 6.15. The van der Waals surface area contributed by atoms with E-state index in [1.165, 1.54) is 18.4 Å². The fraction of sp³-hybridized carbons (Fsp3) is 0.667.